The molecule has 34 heavy (non-hydrogen) atoms. The Morgan fingerprint density at radius 1 is 1.24 bits per heavy atom. The van der Waals surface area contributed by atoms with Gasteiger partial charge in [0.2, 0.25) is 5.91 Å². The topological polar surface area (TPSA) is 69.7 Å². The van der Waals surface area contributed by atoms with Crippen molar-refractivity contribution in [2.24, 2.45) is 0 Å². The number of carbonyl (C=O) groups is 3. The molecule has 6 nitrogen and oxygen atoms in total. The summed E-state index contributed by atoms with van der Waals surface area (Å²) in [6.07, 6.45) is 2.79. The Hall–Kier alpha value is -2.77. The summed E-state index contributed by atoms with van der Waals surface area (Å²) in [5.74, 6) is -0.527. The van der Waals surface area contributed by atoms with E-state index >= 15 is 0 Å². The van der Waals surface area contributed by atoms with Crippen LogP contribution in [-0.4, -0.2) is 41.1 Å². The molecule has 2 aliphatic rings. The predicted octanol–water partition coefficient (Wildman–Crippen LogP) is 6.05. The molecule has 0 bridgehead atoms. The zero-order chi connectivity index (χ0) is 24.8. The van der Waals surface area contributed by atoms with Gasteiger partial charge in [-0.25, -0.2) is 0 Å². The molecule has 0 radical (unpaired) electrons. The molecular weight excluding hydrogens is 470 g/mol. The van der Waals surface area contributed by atoms with Gasteiger partial charge in [0.15, 0.2) is 0 Å². The van der Waals surface area contributed by atoms with Gasteiger partial charge in [0.1, 0.15) is 6.54 Å². The summed E-state index contributed by atoms with van der Waals surface area (Å²) in [6.45, 7) is 8.38. The monoisotopic (exact) mass is 497 g/mol. The normalized spacial score (nSPS) is 20.6. The highest BCUT2D eigenvalue weighted by atomic mass is 35.5. The zero-order valence-electron chi connectivity index (χ0n) is 19.9. The molecule has 0 spiro atoms. The molecule has 2 aliphatic heterocycles. The van der Waals surface area contributed by atoms with Gasteiger partial charge in [0.05, 0.1) is 4.91 Å². The van der Waals surface area contributed by atoms with E-state index in [2.05, 4.69) is 50.2 Å². The van der Waals surface area contributed by atoms with E-state index in [1.54, 1.807) is 30.3 Å². The van der Waals surface area contributed by atoms with Crippen LogP contribution in [-0.2, 0) is 9.59 Å². The maximum Gasteiger partial charge on any atom is 0.294 e. The largest absolute Gasteiger partial charge is 0.369 e. The second-order valence-corrected chi connectivity index (χ2v) is 11.0. The highest BCUT2D eigenvalue weighted by Gasteiger charge is 2.37. The molecule has 1 N–H and O–H groups in total. The number of aryl methyl sites for hydroxylation is 1. The number of anilines is 2. The van der Waals surface area contributed by atoms with Crippen molar-refractivity contribution in [1.82, 2.24) is 4.90 Å². The van der Waals surface area contributed by atoms with Gasteiger partial charge in [0, 0.05) is 29.0 Å². The Morgan fingerprint density at radius 3 is 2.59 bits per heavy atom. The highest BCUT2D eigenvalue weighted by molar-refractivity contribution is 8.18. The summed E-state index contributed by atoms with van der Waals surface area (Å²) < 4.78 is 0. The Morgan fingerprint density at radius 2 is 1.91 bits per heavy atom. The molecule has 3 amide bonds. The molecular formula is C26H28ClN3O3S. The minimum Gasteiger partial charge on any atom is -0.369 e. The Labute approximate surface area is 209 Å². The van der Waals surface area contributed by atoms with Crippen LogP contribution < -0.4 is 10.2 Å². The van der Waals surface area contributed by atoms with E-state index in [-0.39, 0.29) is 12.1 Å². The van der Waals surface area contributed by atoms with Gasteiger partial charge < -0.3 is 10.2 Å². The van der Waals surface area contributed by atoms with Crippen LogP contribution in [0.1, 0.15) is 49.8 Å². The number of hydrogen-bond donors (Lipinski definition) is 1. The van der Waals surface area contributed by atoms with Gasteiger partial charge in [-0.1, -0.05) is 18.5 Å². The van der Waals surface area contributed by atoms with Crippen molar-refractivity contribution >= 4 is 57.9 Å². The number of imide groups is 1. The smallest absolute Gasteiger partial charge is 0.294 e. The number of fused-ring (bicyclic) bond motifs is 1. The molecule has 2 aromatic rings. The summed E-state index contributed by atoms with van der Waals surface area (Å²) in [5.41, 5.74) is 4.99. The average molecular weight is 498 g/mol. The third-order valence-corrected chi connectivity index (χ3v) is 7.77. The first-order valence-corrected chi connectivity index (χ1v) is 12.3. The van der Waals surface area contributed by atoms with Gasteiger partial charge in [-0.15, -0.1) is 0 Å². The number of benzene rings is 2. The Balaban J connectivity index is 1.54. The lowest BCUT2D eigenvalue weighted by Crippen LogP contribution is -2.45. The molecule has 2 aromatic carbocycles. The van der Waals surface area contributed by atoms with Gasteiger partial charge in [0.25, 0.3) is 11.1 Å². The van der Waals surface area contributed by atoms with Gasteiger partial charge in [-0.2, -0.15) is 0 Å². The van der Waals surface area contributed by atoms with Crippen molar-refractivity contribution in [2.75, 3.05) is 23.8 Å². The average Bonchev–Trinajstić information content (AvgIpc) is 3.02. The van der Waals surface area contributed by atoms with E-state index in [9.17, 15) is 14.4 Å². The Bertz CT molecular complexity index is 1210. The van der Waals surface area contributed by atoms with Crippen molar-refractivity contribution in [3.05, 3.63) is 63.0 Å². The molecule has 4 rings (SSSR count). The van der Waals surface area contributed by atoms with Gasteiger partial charge in [-0.3, -0.25) is 19.3 Å². The molecule has 1 saturated heterocycles. The second-order valence-electron chi connectivity index (χ2n) is 9.57. The number of rotatable bonds is 4. The second kappa shape index (κ2) is 9.12. The molecule has 0 saturated carbocycles. The lowest BCUT2D eigenvalue weighted by Gasteiger charge is -2.45. The third-order valence-electron chi connectivity index (χ3n) is 6.61. The van der Waals surface area contributed by atoms with E-state index in [4.69, 9.17) is 11.6 Å². The van der Waals surface area contributed by atoms with Crippen molar-refractivity contribution < 1.29 is 14.4 Å². The van der Waals surface area contributed by atoms with E-state index < -0.39 is 17.1 Å². The number of carbonyl (C=O) groups excluding carboxylic acids is 3. The summed E-state index contributed by atoms with van der Waals surface area (Å²) in [5, 5.41) is 2.78. The summed E-state index contributed by atoms with van der Waals surface area (Å²) in [7, 11) is 2.12. The minimum atomic E-state index is -0.454. The molecule has 1 atom stereocenters. The van der Waals surface area contributed by atoms with Crippen molar-refractivity contribution in [3.63, 3.8) is 0 Å². The first kappa shape index (κ1) is 24.4. The number of nitrogens with zero attached hydrogens (tertiary/aromatic N) is 2. The summed E-state index contributed by atoms with van der Waals surface area (Å²) in [4.78, 5) is 41.5. The molecule has 0 aromatic heterocycles. The standard InChI is InChI=1S/C26H28ClN3O3S/c1-15-10-21-20(16(2)13-26(3,4)29(21)5)11-17(15)12-22-24(32)30(25(33)34-22)14-23(31)28-19-8-6-18(27)7-9-19/h6-12,16H,13-14H2,1-5H3,(H,28,31)/b22-12-. The Kier molecular flexibility index (Phi) is 6.53. The number of hydrogen-bond acceptors (Lipinski definition) is 5. The van der Waals surface area contributed by atoms with Crippen LogP contribution in [0, 0.1) is 6.92 Å². The van der Waals surface area contributed by atoms with Crippen LogP contribution >= 0.6 is 23.4 Å². The zero-order valence-corrected chi connectivity index (χ0v) is 21.5. The fraction of sp³-hybridized carbons (Fsp3) is 0.346. The molecule has 1 fully saturated rings. The van der Waals surface area contributed by atoms with Crippen LogP contribution in [0.3, 0.4) is 0 Å². The third kappa shape index (κ3) is 4.72. The number of thioether (sulfide) groups is 1. The van der Waals surface area contributed by atoms with Crippen molar-refractivity contribution in [3.8, 4) is 0 Å². The first-order chi connectivity index (χ1) is 16.0. The summed E-state index contributed by atoms with van der Waals surface area (Å²) >= 11 is 6.73. The highest BCUT2D eigenvalue weighted by Crippen LogP contribution is 2.44. The van der Waals surface area contributed by atoms with Crippen LogP contribution in [0.4, 0.5) is 16.2 Å². The molecule has 1 unspecified atom stereocenters. The predicted molar refractivity (Wildman–Crippen MR) is 139 cm³/mol. The summed E-state index contributed by atoms with van der Waals surface area (Å²) in [6, 6.07) is 10.9. The van der Waals surface area contributed by atoms with Crippen molar-refractivity contribution in [1.29, 1.82) is 0 Å². The lowest BCUT2D eigenvalue weighted by molar-refractivity contribution is -0.127. The van der Waals surface area contributed by atoms with Gasteiger partial charge >= 0.3 is 0 Å². The molecule has 0 aliphatic carbocycles. The lowest BCUT2D eigenvalue weighted by atomic mass is 9.79. The number of halogens is 1. The fourth-order valence-corrected chi connectivity index (χ4v) is 5.50. The van der Waals surface area contributed by atoms with Crippen LogP contribution in [0.15, 0.2) is 41.3 Å². The first-order valence-electron chi connectivity index (χ1n) is 11.2. The van der Waals surface area contributed by atoms with E-state index in [0.29, 0.717) is 21.5 Å². The maximum atomic E-state index is 13.0. The van der Waals surface area contributed by atoms with E-state index in [1.807, 2.05) is 6.92 Å². The number of nitrogens with one attached hydrogen (secondary N) is 1. The van der Waals surface area contributed by atoms with Crippen LogP contribution in [0.25, 0.3) is 6.08 Å². The van der Waals surface area contributed by atoms with Crippen LogP contribution in [0.5, 0.6) is 0 Å². The van der Waals surface area contributed by atoms with E-state index in [1.165, 1.54) is 11.3 Å². The maximum absolute atomic E-state index is 13.0. The number of amides is 3. The fourth-order valence-electron chi connectivity index (χ4n) is 4.54. The molecule has 178 valence electrons. The van der Waals surface area contributed by atoms with Crippen molar-refractivity contribution in [2.45, 2.75) is 45.6 Å². The van der Waals surface area contributed by atoms with Gasteiger partial charge in [-0.05, 0) is 104 Å². The SMILES string of the molecule is Cc1cc2c(cc1/C=C1\SC(=O)N(CC(=O)Nc3ccc(Cl)cc3)C1=O)C(C)CC(C)(C)N2C. The van der Waals surface area contributed by atoms with Crippen LogP contribution in [0.2, 0.25) is 5.02 Å². The molecule has 8 heteroatoms. The van der Waals surface area contributed by atoms with E-state index in [0.717, 1.165) is 34.2 Å². The minimum absolute atomic E-state index is 0.0651. The molecule has 2 heterocycles. The quantitative estimate of drug-likeness (QED) is 0.521.